The number of halogens is 1. The molecule has 2 rings (SSSR count). The van der Waals surface area contributed by atoms with E-state index in [0.29, 0.717) is 11.3 Å². The molecular weight excluding hydrogens is 235 g/mol. The summed E-state index contributed by atoms with van der Waals surface area (Å²) < 4.78 is 18.7. The van der Waals surface area contributed by atoms with Crippen molar-refractivity contribution in [2.45, 2.75) is 20.8 Å². The molecule has 0 spiro atoms. The maximum atomic E-state index is 13.8. The minimum absolute atomic E-state index is 0.0107. The summed E-state index contributed by atoms with van der Waals surface area (Å²) in [5, 5.41) is 6.23. The van der Waals surface area contributed by atoms with Crippen LogP contribution in [0.1, 0.15) is 27.2 Å². The van der Waals surface area contributed by atoms with E-state index in [1.807, 2.05) is 0 Å². The number of aromatic nitrogens is 1. The fraction of sp³-hybridized carbons (Fsp3) is 0.231. The Morgan fingerprint density at radius 1 is 1.33 bits per heavy atom. The number of aryl methyl sites for hydroxylation is 2. The zero-order valence-corrected chi connectivity index (χ0v) is 10.4. The van der Waals surface area contributed by atoms with E-state index in [1.165, 1.54) is 6.07 Å². The number of nitrogens with zero attached hydrogens (tertiary/aromatic N) is 1. The molecule has 0 saturated heterocycles. The van der Waals surface area contributed by atoms with Gasteiger partial charge < -0.3 is 4.52 Å². The van der Waals surface area contributed by atoms with Gasteiger partial charge in [-0.25, -0.2) is 4.39 Å². The Morgan fingerprint density at radius 2 is 2.06 bits per heavy atom. The number of benzene rings is 1. The summed E-state index contributed by atoms with van der Waals surface area (Å²) in [6.45, 7) is 5.14. The summed E-state index contributed by atoms with van der Waals surface area (Å²) in [7, 11) is 0. The highest BCUT2D eigenvalue weighted by Crippen LogP contribution is 2.19. The number of hydrogen-bond donors (Lipinski definition) is 1. The summed E-state index contributed by atoms with van der Waals surface area (Å²) >= 11 is 0. The lowest BCUT2D eigenvalue weighted by Gasteiger charge is -2.05. The quantitative estimate of drug-likeness (QED) is 0.888. The van der Waals surface area contributed by atoms with Crippen molar-refractivity contribution in [2.24, 2.45) is 0 Å². The minimum atomic E-state index is -0.546. The van der Waals surface area contributed by atoms with E-state index in [-0.39, 0.29) is 11.4 Å². The summed E-state index contributed by atoms with van der Waals surface area (Å²) in [5.41, 5.74) is 1.84. The Labute approximate surface area is 104 Å². The van der Waals surface area contributed by atoms with E-state index in [1.54, 1.807) is 32.9 Å². The predicted molar refractivity (Wildman–Crippen MR) is 65.1 cm³/mol. The average molecular weight is 248 g/mol. The maximum absolute atomic E-state index is 13.8. The van der Waals surface area contributed by atoms with Crippen molar-refractivity contribution in [1.82, 2.24) is 5.16 Å². The molecule has 0 aliphatic heterocycles. The van der Waals surface area contributed by atoms with Gasteiger partial charge in [-0.1, -0.05) is 17.3 Å². The van der Waals surface area contributed by atoms with Crippen LogP contribution in [0.25, 0.3) is 0 Å². The zero-order chi connectivity index (χ0) is 13.3. The molecule has 94 valence electrons. The molecule has 4 nitrogen and oxygen atoms in total. The lowest BCUT2D eigenvalue weighted by Crippen LogP contribution is -2.14. The SMILES string of the molecule is Cc1cccc(C(=O)Nc2onc(C)c2C)c1F. The van der Waals surface area contributed by atoms with Gasteiger partial charge in [-0.3, -0.25) is 10.1 Å². The van der Waals surface area contributed by atoms with Gasteiger partial charge >= 0.3 is 0 Å². The standard InChI is InChI=1S/C13H13FN2O2/c1-7-5-4-6-10(11(7)14)12(17)15-13-8(2)9(3)16-18-13/h4-6H,1-3H3,(H,15,17). The second-order valence-electron chi connectivity index (χ2n) is 4.11. The van der Waals surface area contributed by atoms with Crippen LogP contribution < -0.4 is 5.32 Å². The van der Waals surface area contributed by atoms with Crippen molar-refractivity contribution < 1.29 is 13.7 Å². The predicted octanol–water partition coefficient (Wildman–Crippen LogP) is 2.99. The summed E-state index contributed by atoms with van der Waals surface area (Å²) in [5.74, 6) is -0.822. The van der Waals surface area contributed by atoms with Crippen LogP contribution in [0.2, 0.25) is 0 Å². The number of rotatable bonds is 2. The molecule has 0 aliphatic carbocycles. The molecule has 1 heterocycles. The third-order valence-corrected chi connectivity index (χ3v) is 2.82. The van der Waals surface area contributed by atoms with Gasteiger partial charge in [0.15, 0.2) is 0 Å². The molecule has 0 fully saturated rings. The highest BCUT2D eigenvalue weighted by atomic mass is 19.1. The van der Waals surface area contributed by atoms with Gasteiger partial charge in [-0.05, 0) is 32.4 Å². The fourth-order valence-corrected chi connectivity index (χ4v) is 1.53. The van der Waals surface area contributed by atoms with Crippen LogP contribution in [0.15, 0.2) is 22.7 Å². The number of hydrogen-bond acceptors (Lipinski definition) is 3. The van der Waals surface area contributed by atoms with Crippen molar-refractivity contribution in [3.63, 3.8) is 0 Å². The number of amides is 1. The number of carbonyl (C=O) groups is 1. The first-order valence-electron chi connectivity index (χ1n) is 5.50. The molecular formula is C13H13FN2O2. The monoisotopic (exact) mass is 248 g/mol. The third-order valence-electron chi connectivity index (χ3n) is 2.82. The van der Waals surface area contributed by atoms with Crippen molar-refractivity contribution >= 4 is 11.8 Å². The van der Waals surface area contributed by atoms with E-state index < -0.39 is 11.7 Å². The second kappa shape index (κ2) is 4.60. The Balaban J connectivity index is 2.28. The maximum Gasteiger partial charge on any atom is 0.261 e. The summed E-state index contributed by atoms with van der Waals surface area (Å²) in [6, 6.07) is 4.66. The van der Waals surface area contributed by atoms with Crippen LogP contribution in [0, 0.1) is 26.6 Å². The molecule has 0 bridgehead atoms. The normalized spacial score (nSPS) is 10.4. The van der Waals surface area contributed by atoms with Gasteiger partial charge in [-0.15, -0.1) is 0 Å². The molecule has 0 radical (unpaired) electrons. The van der Waals surface area contributed by atoms with Crippen LogP contribution in [-0.2, 0) is 0 Å². The molecule has 1 aromatic carbocycles. The van der Waals surface area contributed by atoms with Crippen molar-refractivity contribution in [1.29, 1.82) is 0 Å². The van der Waals surface area contributed by atoms with E-state index in [2.05, 4.69) is 10.5 Å². The number of anilines is 1. The van der Waals surface area contributed by atoms with Crippen LogP contribution >= 0.6 is 0 Å². The number of nitrogens with one attached hydrogen (secondary N) is 1. The first-order chi connectivity index (χ1) is 8.50. The van der Waals surface area contributed by atoms with Crippen LogP contribution in [0.5, 0.6) is 0 Å². The topological polar surface area (TPSA) is 55.1 Å². The highest BCUT2D eigenvalue weighted by Gasteiger charge is 2.17. The Bertz CT molecular complexity index is 605. The molecule has 0 aliphatic rings. The molecule has 0 saturated carbocycles. The molecule has 2 aromatic rings. The van der Waals surface area contributed by atoms with E-state index in [0.717, 1.165) is 5.56 Å². The summed E-state index contributed by atoms with van der Waals surface area (Å²) in [6.07, 6.45) is 0. The van der Waals surface area contributed by atoms with Crippen LogP contribution in [-0.4, -0.2) is 11.1 Å². The third kappa shape index (κ3) is 2.11. The van der Waals surface area contributed by atoms with Crippen LogP contribution in [0.4, 0.5) is 10.3 Å². The first-order valence-corrected chi connectivity index (χ1v) is 5.50. The minimum Gasteiger partial charge on any atom is -0.338 e. The number of carbonyl (C=O) groups excluding carboxylic acids is 1. The van der Waals surface area contributed by atoms with Crippen molar-refractivity contribution in [2.75, 3.05) is 5.32 Å². The molecule has 0 atom stereocenters. The zero-order valence-electron chi connectivity index (χ0n) is 10.4. The molecule has 18 heavy (non-hydrogen) atoms. The molecule has 5 heteroatoms. The van der Waals surface area contributed by atoms with Gasteiger partial charge in [0.1, 0.15) is 5.82 Å². The van der Waals surface area contributed by atoms with Gasteiger partial charge in [0, 0.05) is 5.56 Å². The average Bonchev–Trinajstić information content (AvgIpc) is 2.64. The lowest BCUT2D eigenvalue weighted by molar-refractivity contribution is 0.101. The highest BCUT2D eigenvalue weighted by molar-refractivity contribution is 6.04. The largest absolute Gasteiger partial charge is 0.338 e. The van der Waals surface area contributed by atoms with Crippen LogP contribution in [0.3, 0.4) is 0 Å². The molecule has 1 aromatic heterocycles. The molecule has 1 amide bonds. The fourth-order valence-electron chi connectivity index (χ4n) is 1.53. The van der Waals surface area contributed by atoms with Gasteiger partial charge in [0.2, 0.25) is 5.88 Å². The van der Waals surface area contributed by atoms with E-state index in [4.69, 9.17) is 4.52 Å². The van der Waals surface area contributed by atoms with E-state index in [9.17, 15) is 9.18 Å². The second-order valence-corrected chi connectivity index (χ2v) is 4.11. The van der Waals surface area contributed by atoms with Gasteiger partial charge in [0.25, 0.3) is 5.91 Å². The smallest absolute Gasteiger partial charge is 0.261 e. The summed E-state index contributed by atoms with van der Waals surface area (Å²) in [4.78, 5) is 11.9. The molecule has 1 N–H and O–H groups in total. The van der Waals surface area contributed by atoms with E-state index >= 15 is 0 Å². The van der Waals surface area contributed by atoms with Gasteiger partial charge in [-0.2, -0.15) is 0 Å². The lowest BCUT2D eigenvalue weighted by atomic mass is 10.1. The Hall–Kier alpha value is -2.17. The Kier molecular flexibility index (Phi) is 3.14. The Morgan fingerprint density at radius 3 is 2.67 bits per heavy atom. The van der Waals surface area contributed by atoms with Crippen molar-refractivity contribution in [3.05, 3.63) is 46.4 Å². The van der Waals surface area contributed by atoms with Crippen molar-refractivity contribution in [3.8, 4) is 0 Å². The first kappa shape index (κ1) is 12.3. The molecule has 0 unspecified atom stereocenters. The van der Waals surface area contributed by atoms with Gasteiger partial charge in [0.05, 0.1) is 11.3 Å².